The van der Waals surface area contributed by atoms with E-state index in [0.717, 1.165) is 24.5 Å². The minimum absolute atomic E-state index is 0.0860. The fourth-order valence-corrected chi connectivity index (χ4v) is 3.77. The van der Waals surface area contributed by atoms with Gasteiger partial charge in [-0.05, 0) is 31.1 Å². The van der Waals surface area contributed by atoms with E-state index in [4.69, 9.17) is 4.74 Å². The molecule has 0 amide bonds. The Morgan fingerprint density at radius 2 is 2.06 bits per heavy atom. The van der Waals surface area contributed by atoms with Crippen molar-refractivity contribution in [2.75, 3.05) is 24.7 Å². The average molecular weight is 245 g/mol. The molecule has 1 saturated heterocycles. The molecule has 0 bridgehead atoms. The number of carbonyl (C=O) groups is 1. The lowest BCUT2D eigenvalue weighted by atomic mass is 9.79. The summed E-state index contributed by atoms with van der Waals surface area (Å²) in [4.78, 5) is 12.1. The Morgan fingerprint density at radius 1 is 1.38 bits per heavy atom. The average Bonchev–Trinajstić information content (AvgIpc) is 2.17. The van der Waals surface area contributed by atoms with Gasteiger partial charge in [0.1, 0.15) is 5.54 Å². The third-order valence-corrected chi connectivity index (χ3v) is 4.49. The molecule has 0 aromatic heterocycles. The highest BCUT2D eigenvalue weighted by Crippen LogP contribution is 2.39. The lowest BCUT2D eigenvalue weighted by Crippen LogP contribution is -2.59. The molecule has 1 fully saturated rings. The van der Waals surface area contributed by atoms with Crippen LogP contribution in [0.1, 0.15) is 34.1 Å². The van der Waals surface area contributed by atoms with E-state index in [9.17, 15) is 4.79 Å². The van der Waals surface area contributed by atoms with Crippen LogP contribution < -0.4 is 5.32 Å². The summed E-state index contributed by atoms with van der Waals surface area (Å²) >= 11 is 1.84. The Labute approximate surface area is 103 Å². The van der Waals surface area contributed by atoms with Gasteiger partial charge < -0.3 is 10.1 Å². The summed E-state index contributed by atoms with van der Waals surface area (Å²) in [7, 11) is 0. The van der Waals surface area contributed by atoms with Gasteiger partial charge in [-0.3, -0.25) is 4.79 Å². The van der Waals surface area contributed by atoms with Gasteiger partial charge in [-0.1, -0.05) is 20.8 Å². The number of hydrogen-bond acceptors (Lipinski definition) is 4. The minimum Gasteiger partial charge on any atom is -0.465 e. The summed E-state index contributed by atoms with van der Waals surface area (Å²) in [5.41, 5.74) is -0.283. The van der Waals surface area contributed by atoms with Crippen LogP contribution in [0.25, 0.3) is 0 Å². The number of thioether (sulfide) groups is 1. The van der Waals surface area contributed by atoms with E-state index in [1.165, 1.54) is 0 Å². The van der Waals surface area contributed by atoms with Gasteiger partial charge in [0, 0.05) is 5.75 Å². The molecule has 0 spiro atoms. The van der Waals surface area contributed by atoms with Gasteiger partial charge in [0.05, 0.1) is 6.61 Å². The van der Waals surface area contributed by atoms with E-state index in [1.807, 2.05) is 25.6 Å². The maximum absolute atomic E-state index is 12.1. The van der Waals surface area contributed by atoms with E-state index >= 15 is 0 Å². The molecule has 1 aliphatic rings. The standard InChI is InChI=1S/C12H23NO2S/c1-5-13-12(10(14)15-6-2)7-11(3,4)8-16-9-12/h13H,5-9H2,1-4H3. The van der Waals surface area contributed by atoms with Crippen LogP contribution in [-0.2, 0) is 9.53 Å². The second-order valence-electron chi connectivity index (χ2n) is 5.17. The van der Waals surface area contributed by atoms with Crippen molar-refractivity contribution in [2.45, 2.75) is 39.7 Å². The Kier molecular flexibility index (Phi) is 4.68. The molecule has 1 atom stereocenters. The summed E-state index contributed by atoms with van der Waals surface area (Å²) in [5.74, 6) is 1.85. The Bertz CT molecular complexity index is 251. The van der Waals surface area contributed by atoms with Crippen molar-refractivity contribution in [1.29, 1.82) is 0 Å². The molecule has 1 rings (SSSR count). The quantitative estimate of drug-likeness (QED) is 0.770. The number of esters is 1. The van der Waals surface area contributed by atoms with Crippen LogP contribution in [0.4, 0.5) is 0 Å². The Hall–Kier alpha value is -0.220. The molecular weight excluding hydrogens is 222 g/mol. The maximum atomic E-state index is 12.1. The van der Waals surface area contributed by atoms with Gasteiger partial charge in [0.2, 0.25) is 0 Å². The van der Waals surface area contributed by atoms with Crippen molar-refractivity contribution in [3.8, 4) is 0 Å². The lowest BCUT2D eigenvalue weighted by molar-refractivity contribution is -0.151. The van der Waals surface area contributed by atoms with Crippen molar-refractivity contribution >= 4 is 17.7 Å². The maximum Gasteiger partial charge on any atom is 0.327 e. The smallest absolute Gasteiger partial charge is 0.327 e. The molecule has 3 nitrogen and oxygen atoms in total. The molecule has 4 heteroatoms. The van der Waals surface area contributed by atoms with Crippen LogP contribution in [0.3, 0.4) is 0 Å². The van der Waals surface area contributed by atoms with Gasteiger partial charge in [-0.15, -0.1) is 0 Å². The second-order valence-corrected chi connectivity index (χ2v) is 6.15. The van der Waals surface area contributed by atoms with Gasteiger partial charge in [0.25, 0.3) is 0 Å². The van der Waals surface area contributed by atoms with E-state index in [1.54, 1.807) is 0 Å². The van der Waals surface area contributed by atoms with Crippen molar-refractivity contribution in [1.82, 2.24) is 5.32 Å². The Balaban J connectivity index is 2.82. The van der Waals surface area contributed by atoms with E-state index in [-0.39, 0.29) is 11.4 Å². The third-order valence-electron chi connectivity index (χ3n) is 2.80. The van der Waals surface area contributed by atoms with Crippen molar-refractivity contribution in [3.63, 3.8) is 0 Å². The number of hydrogen-bond donors (Lipinski definition) is 1. The monoisotopic (exact) mass is 245 g/mol. The lowest BCUT2D eigenvalue weighted by Gasteiger charge is -2.43. The summed E-state index contributed by atoms with van der Waals surface area (Å²) in [6.07, 6.45) is 0.861. The van der Waals surface area contributed by atoms with Gasteiger partial charge >= 0.3 is 5.97 Å². The Morgan fingerprint density at radius 3 is 2.56 bits per heavy atom. The zero-order valence-electron chi connectivity index (χ0n) is 10.8. The zero-order valence-corrected chi connectivity index (χ0v) is 11.6. The van der Waals surface area contributed by atoms with Crippen molar-refractivity contribution in [2.24, 2.45) is 5.41 Å². The normalized spacial score (nSPS) is 28.8. The molecule has 0 saturated carbocycles. The first-order valence-corrected chi connectivity index (χ1v) is 7.11. The third kappa shape index (κ3) is 3.14. The predicted octanol–water partition coefficient (Wildman–Crippen LogP) is 2.06. The summed E-state index contributed by atoms with van der Waals surface area (Å²) in [6, 6.07) is 0. The zero-order chi connectivity index (χ0) is 12.2. The minimum atomic E-state index is -0.475. The molecule has 0 aliphatic carbocycles. The summed E-state index contributed by atoms with van der Waals surface area (Å²) < 4.78 is 5.22. The number of rotatable bonds is 4. The highest BCUT2D eigenvalue weighted by Gasteiger charge is 2.46. The summed E-state index contributed by atoms with van der Waals surface area (Å²) in [5, 5.41) is 3.34. The molecular formula is C12H23NO2S. The first kappa shape index (κ1) is 13.8. The molecule has 16 heavy (non-hydrogen) atoms. The molecule has 1 N–H and O–H groups in total. The molecule has 1 heterocycles. The van der Waals surface area contributed by atoms with Crippen molar-refractivity contribution in [3.05, 3.63) is 0 Å². The van der Waals surface area contributed by atoms with Crippen LogP contribution in [0.5, 0.6) is 0 Å². The number of carbonyl (C=O) groups excluding carboxylic acids is 1. The second kappa shape index (κ2) is 5.41. The fourth-order valence-electron chi connectivity index (χ4n) is 2.34. The van der Waals surface area contributed by atoms with Crippen LogP contribution in [0.2, 0.25) is 0 Å². The van der Waals surface area contributed by atoms with Crippen molar-refractivity contribution < 1.29 is 9.53 Å². The molecule has 94 valence electrons. The van der Waals surface area contributed by atoms with E-state index in [2.05, 4.69) is 19.2 Å². The highest BCUT2D eigenvalue weighted by atomic mass is 32.2. The predicted molar refractivity (Wildman–Crippen MR) is 68.8 cm³/mol. The van der Waals surface area contributed by atoms with Crippen LogP contribution in [0, 0.1) is 5.41 Å². The van der Waals surface area contributed by atoms with E-state index < -0.39 is 5.54 Å². The van der Waals surface area contributed by atoms with Gasteiger partial charge in [0.15, 0.2) is 0 Å². The first-order chi connectivity index (χ1) is 7.46. The van der Waals surface area contributed by atoms with Crippen LogP contribution in [0.15, 0.2) is 0 Å². The van der Waals surface area contributed by atoms with Gasteiger partial charge in [-0.25, -0.2) is 0 Å². The summed E-state index contributed by atoms with van der Waals surface area (Å²) in [6.45, 7) is 9.58. The molecule has 0 aromatic carbocycles. The number of ether oxygens (including phenoxy) is 1. The highest BCUT2D eigenvalue weighted by molar-refractivity contribution is 7.99. The SMILES string of the molecule is CCNC1(C(=O)OCC)CSCC(C)(C)C1. The van der Waals surface area contributed by atoms with Crippen LogP contribution in [-0.4, -0.2) is 36.2 Å². The molecule has 0 radical (unpaired) electrons. The largest absolute Gasteiger partial charge is 0.465 e. The fraction of sp³-hybridized carbons (Fsp3) is 0.917. The number of likely N-dealkylation sites (N-methyl/N-ethyl adjacent to an activating group) is 1. The van der Waals surface area contributed by atoms with Crippen LogP contribution >= 0.6 is 11.8 Å². The van der Waals surface area contributed by atoms with E-state index in [0.29, 0.717) is 6.61 Å². The molecule has 1 aliphatic heterocycles. The number of nitrogens with one attached hydrogen (secondary N) is 1. The molecule has 1 unspecified atom stereocenters. The molecule has 0 aromatic rings. The topological polar surface area (TPSA) is 38.3 Å². The first-order valence-electron chi connectivity index (χ1n) is 5.96. The van der Waals surface area contributed by atoms with Gasteiger partial charge in [-0.2, -0.15) is 11.8 Å².